The molecule has 102 valence electrons. The molecule has 0 radical (unpaired) electrons. The van der Waals surface area contributed by atoms with Gasteiger partial charge in [0.1, 0.15) is 0 Å². The molecule has 1 N–H and O–H groups in total. The molecule has 0 aromatic carbocycles. The van der Waals surface area contributed by atoms with E-state index in [9.17, 15) is 0 Å². The number of hydrogen-bond donors (Lipinski definition) is 1. The summed E-state index contributed by atoms with van der Waals surface area (Å²) in [4.78, 5) is 0. The topological polar surface area (TPSA) is 47.7 Å². The lowest BCUT2D eigenvalue weighted by Gasteiger charge is -2.08. The van der Waals surface area contributed by atoms with Crippen molar-refractivity contribution < 1.29 is 0 Å². The highest BCUT2D eigenvalue weighted by atomic mass is 15.3. The third-order valence-electron chi connectivity index (χ3n) is 3.76. The van der Waals surface area contributed by atoms with Crippen LogP contribution in [0.5, 0.6) is 0 Å². The number of aryl methyl sites for hydroxylation is 1. The predicted octanol–water partition coefficient (Wildman–Crippen LogP) is 2.02. The second-order valence-electron chi connectivity index (χ2n) is 5.35. The Balaban J connectivity index is 1.50. The van der Waals surface area contributed by atoms with Gasteiger partial charge in [0.05, 0.1) is 17.9 Å². The Bertz CT molecular complexity index is 521. The fourth-order valence-corrected chi connectivity index (χ4v) is 2.74. The Morgan fingerprint density at radius 3 is 2.89 bits per heavy atom. The van der Waals surface area contributed by atoms with Crippen LogP contribution in [-0.2, 0) is 20.1 Å². The minimum Gasteiger partial charge on any atom is -0.307 e. The van der Waals surface area contributed by atoms with Gasteiger partial charge in [0, 0.05) is 38.1 Å². The summed E-state index contributed by atoms with van der Waals surface area (Å²) in [5.41, 5.74) is 2.33. The van der Waals surface area contributed by atoms with Gasteiger partial charge in [-0.2, -0.15) is 10.2 Å². The van der Waals surface area contributed by atoms with Crippen molar-refractivity contribution in [3.63, 3.8) is 0 Å². The molecule has 0 saturated heterocycles. The van der Waals surface area contributed by atoms with Gasteiger partial charge in [-0.1, -0.05) is 12.8 Å². The zero-order valence-corrected chi connectivity index (χ0v) is 11.4. The van der Waals surface area contributed by atoms with E-state index < -0.39 is 0 Å². The smallest absolute Gasteiger partial charge is 0.0762 e. The summed E-state index contributed by atoms with van der Waals surface area (Å²) in [6.45, 7) is 1.65. The van der Waals surface area contributed by atoms with Crippen LogP contribution in [0.4, 0.5) is 0 Å². The Hall–Kier alpha value is -1.62. The van der Waals surface area contributed by atoms with Gasteiger partial charge in [0.2, 0.25) is 0 Å². The Morgan fingerprint density at radius 2 is 2.16 bits per heavy atom. The van der Waals surface area contributed by atoms with Crippen molar-refractivity contribution in [2.75, 3.05) is 0 Å². The fraction of sp³-hybridized carbons (Fsp3) is 0.571. The van der Waals surface area contributed by atoms with Crippen molar-refractivity contribution >= 4 is 0 Å². The lowest BCUT2D eigenvalue weighted by Crippen LogP contribution is -2.13. The largest absolute Gasteiger partial charge is 0.307 e. The van der Waals surface area contributed by atoms with Crippen molar-refractivity contribution in [1.82, 2.24) is 24.9 Å². The summed E-state index contributed by atoms with van der Waals surface area (Å²) >= 11 is 0. The van der Waals surface area contributed by atoms with Crippen molar-refractivity contribution in [3.05, 3.63) is 35.9 Å². The zero-order valence-electron chi connectivity index (χ0n) is 11.4. The number of rotatable bonds is 5. The molecule has 2 aromatic rings. The van der Waals surface area contributed by atoms with Gasteiger partial charge in [0.15, 0.2) is 0 Å². The molecule has 1 fully saturated rings. The summed E-state index contributed by atoms with van der Waals surface area (Å²) in [5, 5.41) is 12.2. The first-order chi connectivity index (χ1) is 9.31. The molecule has 1 saturated carbocycles. The predicted molar refractivity (Wildman–Crippen MR) is 73.5 cm³/mol. The van der Waals surface area contributed by atoms with E-state index >= 15 is 0 Å². The minimum absolute atomic E-state index is 0.632. The lowest BCUT2D eigenvalue weighted by molar-refractivity contribution is 0.461. The molecule has 0 amide bonds. The van der Waals surface area contributed by atoms with E-state index in [1.807, 2.05) is 24.1 Å². The van der Waals surface area contributed by atoms with E-state index in [-0.39, 0.29) is 0 Å². The van der Waals surface area contributed by atoms with E-state index in [4.69, 9.17) is 0 Å². The zero-order chi connectivity index (χ0) is 13.1. The molecular weight excluding hydrogens is 238 g/mol. The van der Waals surface area contributed by atoms with Gasteiger partial charge >= 0.3 is 0 Å². The maximum absolute atomic E-state index is 4.66. The molecule has 2 heterocycles. The highest BCUT2D eigenvalue weighted by molar-refractivity contribution is 5.04. The van der Waals surface area contributed by atoms with E-state index in [1.165, 1.54) is 31.2 Å². The molecule has 5 heteroatoms. The molecule has 0 bridgehead atoms. The highest BCUT2D eigenvalue weighted by Gasteiger charge is 2.17. The van der Waals surface area contributed by atoms with Gasteiger partial charge in [-0.3, -0.25) is 9.36 Å². The normalized spacial score (nSPS) is 16.3. The third-order valence-corrected chi connectivity index (χ3v) is 3.76. The molecule has 19 heavy (non-hydrogen) atoms. The number of hydrogen-bond acceptors (Lipinski definition) is 3. The van der Waals surface area contributed by atoms with E-state index in [1.54, 1.807) is 0 Å². The van der Waals surface area contributed by atoms with Gasteiger partial charge < -0.3 is 5.32 Å². The van der Waals surface area contributed by atoms with Crippen LogP contribution in [0.25, 0.3) is 0 Å². The average molecular weight is 259 g/mol. The molecule has 0 unspecified atom stereocenters. The summed E-state index contributed by atoms with van der Waals surface area (Å²) in [7, 11) is 1.94. The van der Waals surface area contributed by atoms with Gasteiger partial charge in [-0.15, -0.1) is 0 Å². The van der Waals surface area contributed by atoms with Gasteiger partial charge in [0.25, 0.3) is 0 Å². The van der Waals surface area contributed by atoms with E-state index in [0.717, 1.165) is 18.8 Å². The molecule has 0 atom stereocenters. The summed E-state index contributed by atoms with van der Waals surface area (Å²) in [6, 6.07) is 2.75. The Morgan fingerprint density at radius 1 is 1.32 bits per heavy atom. The first kappa shape index (κ1) is 12.4. The number of nitrogens with one attached hydrogen (secondary N) is 1. The molecule has 0 aliphatic heterocycles. The van der Waals surface area contributed by atoms with Crippen molar-refractivity contribution in [1.29, 1.82) is 0 Å². The van der Waals surface area contributed by atoms with Crippen LogP contribution in [0.2, 0.25) is 0 Å². The van der Waals surface area contributed by atoms with Crippen LogP contribution in [0.3, 0.4) is 0 Å². The molecular formula is C14H21N5. The first-order valence-electron chi connectivity index (χ1n) is 7.03. The summed E-state index contributed by atoms with van der Waals surface area (Å²) in [5.74, 6) is 0. The molecule has 1 aliphatic rings. The molecule has 1 aliphatic carbocycles. The number of nitrogens with zero attached hydrogens (tertiary/aromatic N) is 4. The first-order valence-corrected chi connectivity index (χ1v) is 7.03. The second kappa shape index (κ2) is 5.57. The second-order valence-corrected chi connectivity index (χ2v) is 5.35. The van der Waals surface area contributed by atoms with E-state index in [0.29, 0.717) is 6.04 Å². The van der Waals surface area contributed by atoms with Crippen LogP contribution in [0.1, 0.15) is 43.0 Å². The minimum atomic E-state index is 0.632. The van der Waals surface area contributed by atoms with Crippen LogP contribution >= 0.6 is 0 Å². The van der Waals surface area contributed by atoms with Crippen molar-refractivity contribution in [3.8, 4) is 0 Å². The molecule has 0 spiro atoms. The Labute approximate surface area is 113 Å². The maximum atomic E-state index is 4.66. The Kier molecular flexibility index (Phi) is 3.64. The van der Waals surface area contributed by atoms with Crippen LogP contribution in [0, 0.1) is 0 Å². The molecule has 2 aromatic heterocycles. The van der Waals surface area contributed by atoms with Crippen molar-refractivity contribution in [2.45, 2.75) is 44.8 Å². The highest BCUT2D eigenvalue weighted by Crippen LogP contribution is 2.28. The SMILES string of the molecule is Cn1cc(CNCc2ccn(C3CCCC3)n2)cn1. The average Bonchev–Trinajstić information content (AvgIpc) is 3.09. The summed E-state index contributed by atoms with van der Waals surface area (Å²) in [6.07, 6.45) is 11.3. The monoisotopic (exact) mass is 259 g/mol. The quantitative estimate of drug-likeness (QED) is 0.893. The molecule has 5 nitrogen and oxygen atoms in total. The van der Waals surface area contributed by atoms with Gasteiger partial charge in [-0.05, 0) is 18.9 Å². The van der Waals surface area contributed by atoms with Crippen LogP contribution < -0.4 is 5.32 Å². The molecule has 3 rings (SSSR count). The fourth-order valence-electron chi connectivity index (χ4n) is 2.74. The maximum Gasteiger partial charge on any atom is 0.0762 e. The standard InChI is InChI=1S/C14H21N5/c1-18-11-12(9-16-18)8-15-10-13-6-7-19(17-13)14-4-2-3-5-14/h6-7,9,11,14-15H,2-5,8,10H2,1H3. The van der Waals surface area contributed by atoms with Crippen LogP contribution in [0.15, 0.2) is 24.7 Å². The van der Waals surface area contributed by atoms with Gasteiger partial charge in [-0.25, -0.2) is 0 Å². The van der Waals surface area contributed by atoms with E-state index in [2.05, 4.69) is 32.5 Å². The van der Waals surface area contributed by atoms with Crippen LogP contribution in [-0.4, -0.2) is 19.6 Å². The number of aromatic nitrogens is 4. The van der Waals surface area contributed by atoms with Crippen molar-refractivity contribution in [2.24, 2.45) is 7.05 Å². The lowest BCUT2D eigenvalue weighted by atomic mass is 10.3. The summed E-state index contributed by atoms with van der Waals surface area (Å²) < 4.78 is 3.97. The third kappa shape index (κ3) is 3.04.